The first-order chi connectivity index (χ1) is 14.5. The van der Waals surface area contributed by atoms with E-state index in [0.717, 1.165) is 5.56 Å². The molecule has 0 fully saturated rings. The van der Waals surface area contributed by atoms with Crippen molar-refractivity contribution in [1.82, 2.24) is 9.78 Å². The van der Waals surface area contributed by atoms with Gasteiger partial charge in [0.25, 0.3) is 5.91 Å². The summed E-state index contributed by atoms with van der Waals surface area (Å²) >= 11 is 6.11. The zero-order chi connectivity index (χ0) is 21.3. The Morgan fingerprint density at radius 3 is 2.77 bits per heavy atom. The zero-order valence-corrected chi connectivity index (χ0v) is 16.6. The van der Waals surface area contributed by atoms with Crippen molar-refractivity contribution < 1.29 is 19.4 Å². The molecule has 0 saturated carbocycles. The number of carboxylic acids is 1. The molecule has 2 heterocycles. The van der Waals surface area contributed by atoms with Crippen molar-refractivity contribution in [2.75, 3.05) is 17.7 Å². The molecule has 1 atom stereocenters. The first-order valence-corrected chi connectivity index (χ1v) is 9.35. The molecule has 9 heteroatoms. The predicted molar refractivity (Wildman–Crippen MR) is 112 cm³/mol. The minimum Gasteiger partial charge on any atom is -0.495 e. The van der Waals surface area contributed by atoms with E-state index in [9.17, 15) is 14.7 Å². The molecule has 1 aliphatic heterocycles. The summed E-state index contributed by atoms with van der Waals surface area (Å²) in [6.07, 6.45) is 2.92. The SMILES string of the molecule is COc1ccccc1NC(=O)c1cnn2c1NC(C(=O)O)=C[C@@H]2c1cccc(Cl)c1. The van der Waals surface area contributed by atoms with Gasteiger partial charge < -0.3 is 20.5 Å². The topological polar surface area (TPSA) is 105 Å². The number of methoxy groups -OCH3 is 1. The third kappa shape index (κ3) is 3.60. The Hall–Kier alpha value is -3.78. The lowest BCUT2D eigenvalue weighted by molar-refractivity contribution is -0.132. The average Bonchev–Trinajstić information content (AvgIpc) is 3.17. The third-order valence-electron chi connectivity index (χ3n) is 4.66. The molecule has 1 aromatic heterocycles. The molecule has 0 bridgehead atoms. The summed E-state index contributed by atoms with van der Waals surface area (Å²) in [5.74, 6) is -0.828. The van der Waals surface area contributed by atoms with Gasteiger partial charge in [-0.15, -0.1) is 0 Å². The first-order valence-electron chi connectivity index (χ1n) is 8.97. The summed E-state index contributed by atoms with van der Waals surface area (Å²) in [7, 11) is 1.51. The number of halogens is 1. The fourth-order valence-electron chi connectivity index (χ4n) is 3.25. The number of nitrogens with zero attached hydrogens (tertiary/aromatic N) is 2. The number of carbonyl (C=O) groups excluding carboxylic acids is 1. The first kappa shape index (κ1) is 19.5. The van der Waals surface area contributed by atoms with Gasteiger partial charge in [0.1, 0.15) is 22.8 Å². The number of para-hydroxylation sites is 2. The number of aliphatic carboxylic acids is 1. The molecule has 0 unspecified atom stereocenters. The molecular weight excluding hydrogens is 408 g/mol. The molecule has 0 saturated heterocycles. The Balaban J connectivity index is 1.73. The molecule has 30 heavy (non-hydrogen) atoms. The van der Waals surface area contributed by atoms with E-state index in [1.807, 2.05) is 6.07 Å². The number of nitrogens with one attached hydrogen (secondary N) is 2. The minimum atomic E-state index is -1.15. The van der Waals surface area contributed by atoms with E-state index in [1.165, 1.54) is 19.4 Å². The molecule has 2 aromatic carbocycles. The molecule has 1 aliphatic rings. The predicted octanol–water partition coefficient (Wildman–Crippen LogP) is 3.78. The van der Waals surface area contributed by atoms with Gasteiger partial charge in [-0.05, 0) is 35.9 Å². The average molecular weight is 425 g/mol. The van der Waals surface area contributed by atoms with Gasteiger partial charge in [0.2, 0.25) is 0 Å². The largest absolute Gasteiger partial charge is 0.495 e. The van der Waals surface area contributed by atoms with Crippen LogP contribution in [0.15, 0.2) is 66.5 Å². The van der Waals surface area contributed by atoms with Crippen LogP contribution in [0.3, 0.4) is 0 Å². The molecule has 0 spiro atoms. The van der Waals surface area contributed by atoms with Gasteiger partial charge in [-0.2, -0.15) is 5.10 Å². The highest BCUT2D eigenvalue weighted by Crippen LogP contribution is 2.33. The lowest BCUT2D eigenvalue weighted by Gasteiger charge is -2.24. The number of aromatic nitrogens is 2. The van der Waals surface area contributed by atoms with Crippen molar-refractivity contribution in [2.45, 2.75) is 6.04 Å². The molecule has 4 rings (SSSR count). The van der Waals surface area contributed by atoms with Crippen molar-refractivity contribution in [1.29, 1.82) is 0 Å². The van der Waals surface area contributed by atoms with Gasteiger partial charge in [0.15, 0.2) is 0 Å². The standard InChI is InChI=1S/C21H17ClN4O4/c1-30-18-8-3-2-7-15(18)25-20(27)14-11-23-26-17(12-5-4-6-13(22)9-12)10-16(21(28)29)24-19(14)26/h2-11,17,24H,1H3,(H,25,27)(H,28,29)/t17-/m1/s1. The molecule has 0 radical (unpaired) electrons. The highest BCUT2D eigenvalue weighted by atomic mass is 35.5. The van der Waals surface area contributed by atoms with Crippen LogP contribution in [-0.4, -0.2) is 33.9 Å². The van der Waals surface area contributed by atoms with Crippen LogP contribution in [0.25, 0.3) is 0 Å². The van der Waals surface area contributed by atoms with E-state index >= 15 is 0 Å². The Morgan fingerprint density at radius 2 is 2.03 bits per heavy atom. The van der Waals surface area contributed by atoms with E-state index in [1.54, 1.807) is 47.1 Å². The number of fused-ring (bicyclic) bond motifs is 1. The van der Waals surface area contributed by atoms with Gasteiger partial charge in [-0.25, -0.2) is 9.48 Å². The Morgan fingerprint density at radius 1 is 1.23 bits per heavy atom. The number of benzene rings is 2. The fraction of sp³-hybridized carbons (Fsp3) is 0.0952. The van der Waals surface area contributed by atoms with Crippen LogP contribution in [0, 0.1) is 0 Å². The van der Waals surface area contributed by atoms with E-state index in [0.29, 0.717) is 16.5 Å². The Labute approximate surface area is 176 Å². The van der Waals surface area contributed by atoms with Crippen LogP contribution in [0.4, 0.5) is 11.5 Å². The summed E-state index contributed by atoms with van der Waals surface area (Å²) in [5.41, 5.74) is 1.36. The number of hydrogen-bond acceptors (Lipinski definition) is 5. The smallest absolute Gasteiger partial charge is 0.352 e. The maximum Gasteiger partial charge on any atom is 0.352 e. The number of rotatable bonds is 5. The quantitative estimate of drug-likeness (QED) is 0.575. The van der Waals surface area contributed by atoms with Crippen LogP contribution in [0.2, 0.25) is 5.02 Å². The maximum atomic E-state index is 12.9. The number of carboxylic acid groups (broad SMARTS) is 1. The van der Waals surface area contributed by atoms with E-state index in [-0.39, 0.29) is 17.1 Å². The lowest BCUT2D eigenvalue weighted by atomic mass is 10.0. The van der Waals surface area contributed by atoms with Crippen LogP contribution >= 0.6 is 11.6 Å². The maximum absolute atomic E-state index is 12.9. The monoisotopic (exact) mass is 424 g/mol. The summed E-state index contributed by atoms with van der Waals surface area (Å²) in [5, 5.41) is 20.0. The highest BCUT2D eigenvalue weighted by molar-refractivity contribution is 6.30. The van der Waals surface area contributed by atoms with Gasteiger partial charge in [0, 0.05) is 5.02 Å². The zero-order valence-electron chi connectivity index (χ0n) is 15.8. The number of ether oxygens (including phenoxy) is 1. The van der Waals surface area contributed by atoms with Crippen LogP contribution in [-0.2, 0) is 4.79 Å². The van der Waals surface area contributed by atoms with E-state index in [2.05, 4.69) is 15.7 Å². The second-order valence-electron chi connectivity index (χ2n) is 6.52. The summed E-state index contributed by atoms with van der Waals surface area (Å²) in [6, 6.07) is 13.5. The van der Waals surface area contributed by atoms with Crippen molar-refractivity contribution in [3.05, 3.63) is 82.7 Å². The summed E-state index contributed by atoms with van der Waals surface area (Å²) < 4.78 is 6.81. The second-order valence-corrected chi connectivity index (χ2v) is 6.95. The van der Waals surface area contributed by atoms with Gasteiger partial charge in [-0.3, -0.25) is 4.79 Å². The van der Waals surface area contributed by atoms with Crippen molar-refractivity contribution in [3.63, 3.8) is 0 Å². The molecule has 3 N–H and O–H groups in total. The highest BCUT2D eigenvalue weighted by Gasteiger charge is 2.29. The number of anilines is 2. The van der Waals surface area contributed by atoms with Gasteiger partial charge in [-0.1, -0.05) is 35.9 Å². The number of hydrogen-bond donors (Lipinski definition) is 3. The second kappa shape index (κ2) is 7.92. The molecular formula is C21H17ClN4O4. The lowest BCUT2D eigenvalue weighted by Crippen LogP contribution is -2.25. The normalized spacial score (nSPS) is 14.9. The molecule has 3 aromatic rings. The van der Waals surface area contributed by atoms with Crippen LogP contribution in [0.1, 0.15) is 22.0 Å². The van der Waals surface area contributed by atoms with E-state index in [4.69, 9.17) is 16.3 Å². The summed E-state index contributed by atoms with van der Waals surface area (Å²) in [6.45, 7) is 0. The Bertz CT molecular complexity index is 1170. The summed E-state index contributed by atoms with van der Waals surface area (Å²) in [4.78, 5) is 24.6. The van der Waals surface area contributed by atoms with Crippen LogP contribution in [0.5, 0.6) is 5.75 Å². The number of amides is 1. The molecule has 8 nitrogen and oxygen atoms in total. The van der Waals surface area contributed by atoms with Gasteiger partial charge >= 0.3 is 5.97 Å². The molecule has 152 valence electrons. The molecule has 1 amide bonds. The van der Waals surface area contributed by atoms with E-state index < -0.39 is 17.9 Å². The van der Waals surface area contributed by atoms with Crippen molar-refractivity contribution in [3.8, 4) is 5.75 Å². The van der Waals surface area contributed by atoms with Gasteiger partial charge in [0.05, 0.1) is 25.0 Å². The van der Waals surface area contributed by atoms with Crippen molar-refractivity contribution >= 4 is 35.0 Å². The van der Waals surface area contributed by atoms with Crippen molar-refractivity contribution in [2.24, 2.45) is 0 Å². The molecule has 0 aliphatic carbocycles. The Kier molecular flexibility index (Phi) is 5.16. The fourth-order valence-corrected chi connectivity index (χ4v) is 3.45. The number of carbonyl (C=O) groups is 2. The minimum absolute atomic E-state index is 0.0562. The third-order valence-corrected chi connectivity index (χ3v) is 4.89. The number of allylic oxidation sites excluding steroid dienone is 1. The van der Waals surface area contributed by atoms with Crippen LogP contribution < -0.4 is 15.4 Å².